The molecule has 1 saturated heterocycles. The summed E-state index contributed by atoms with van der Waals surface area (Å²) in [4.78, 5) is 28.1. The maximum atomic E-state index is 12.8. The number of para-hydroxylation sites is 1. The molecule has 1 aliphatic heterocycles. The minimum Gasteiger partial charge on any atom is -0.376 e. The molecule has 2 amide bonds. The Bertz CT molecular complexity index is 866. The van der Waals surface area contributed by atoms with Crippen molar-refractivity contribution in [2.75, 3.05) is 49.9 Å². The standard InChI is InChI=1S/C21H23F3N4O2/c22-21(23,24)16-5-4-8-18(13-16)25-14-20(30)28-11-9-27(10-12-28)15-19(29)26-17-6-2-1-3-7-17/h1-8,13,25H,9-12,14-15H2,(H,26,29). The lowest BCUT2D eigenvalue weighted by atomic mass is 10.2. The fourth-order valence-electron chi connectivity index (χ4n) is 3.18. The van der Waals surface area contributed by atoms with Crippen LogP contribution in [0.4, 0.5) is 24.5 Å². The highest BCUT2D eigenvalue weighted by Crippen LogP contribution is 2.30. The lowest BCUT2D eigenvalue weighted by Crippen LogP contribution is -2.51. The van der Waals surface area contributed by atoms with Crippen LogP contribution in [0.2, 0.25) is 0 Å². The van der Waals surface area contributed by atoms with Crippen LogP contribution in [0, 0.1) is 0 Å². The summed E-state index contributed by atoms with van der Waals surface area (Å²) >= 11 is 0. The molecule has 1 heterocycles. The summed E-state index contributed by atoms with van der Waals surface area (Å²) in [6.07, 6.45) is -4.43. The van der Waals surface area contributed by atoms with E-state index in [0.717, 1.165) is 17.8 Å². The molecular formula is C21H23F3N4O2. The third-order valence-corrected chi connectivity index (χ3v) is 4.78. The minimum atomic E-state index is -4.43. The zero-order chi connectivity index (χ0) is 21.6. The molecule has 3 rings (SSSR count). The molecule has 0 aromatic heterocycles. The lowest BCUT2D eigenvalue weighted by molar-refractivity contribution is -0.137. The number of amides is 2. The second kappa shape index (κ2) is 9.62. The molecular weight excluding hydrogens is 397 g/mol. The van der Waals surface area contributed by atoms with Crippen LogP contribution in [-0.4, -0.2) is 60.9 Å². The summed E-state index contributed by atoms with van der Waals surface area (Å²) in [5.74, 6) is -0.312. The van der Waals surface area contributed by atoms with Gasteiger partial charge < -0.3 is 15.5 Å². The Morgan fingerprint density at radius 3 is 2.23 bits per heavy atom. The summed E-state index contributed by atoms with van der Waals surface area (Å²) in [5.41, 5.74) is 0.216. The number of alkyl halides is 3. The van der Waals surface area contributed by atoms with Crippen molar-refractivity contribution in [3.05, 3.63) is 60.2 Å². The van der Waals surface area contributed by atoms with Gasteiger partial charge in [-0.25, -0.2) is 0 Å². The number of carbonyl (C=O) groups excluding carboxylic acids is 2. The first-order valence-corrected chi connectivity index (χ1v) is 9.57. The van der Waals surface area contributed by atoms with E-state index in [2.05, 4.69) is 10.6 Å². The first-order chi connectivity index (χ1) is 14.3. The van der Waals surface area contributed by atoms with Gasteiger partial charge in [-0.2, -0.15) is 13.2 Å². The molecule has 0 aliphatic carbocycles. The molecule has 0 radical (unpaired) electrons. The Hall–Kier alpha value is -3.07. The normalized spacial score (nSPS) is 15.0. The van der Waals surface area contributed by atoms with Crippen molar-refractivity contribution in [2.24, 2.45) is 0 Å². The van der Waals surface area contributed by atoms with Crippen molar-refractivity contribution in [2.45, 2.75) is 6.18 Å². The molecule has 2 aromatic carbocycles. The maximum absolute atomic E-state index is 12.8. The molecule has 9 heteroatoms. The maximum Gasteiger partial charge on any atom is 0.416 e. The second-order valence-corrected chi connectivity index (χ2v) is 7.00. The predicted octanol–water partition coefficient (Wildman–Crippen LogP) is 2.90. The Morgan fingerprint density at radius 1 is 0.900 bits per heavy atom. The molecule has 0 atom stereocenters. The Balaban J connectivity index is 1.41. The quantitative estimate of drug-likeness (QED) is 0.755. The first kappa shape index (κ1) is 21.6. The number of hydrogen-bond donors (Lipinski definition) is 2. The molecule has 2 aromatic rings. The summed E-state index contributed by atoms with van der Waals surface area (Å²) in [6, 6.07) is 13.9. The van der Waals surface area contributed by atoms with E-state index < -0.39 is 11.7 Å². The number of rotatable bonds is 6. The number of benzene rings is 2. The van der Waals surface area contributed by atoms with Gasteiger partial charge in [-0.3, -0.25) is 14.5 Å². The monoisotopic (exact) mass is 420 g/mol. The smallest absolute Gasteiger partial charge is 0.376 e. The van der Waals surface area contributed by atoms with E-state index in [-0.39, 0.29) is 30.6 Å². The van der Waals surface area contributed by atoms with Crippen LogP contribution in [0.5, 0.6) is 0 Å². The molecule has 30 heavy (non-hydrogen) atoms. The van der Waals surface area contributed by atoms with Crippen LogP contribution in [0.1, 0.15) is 5.56 Å². The van der Waals surface area contributed by atoms with Gasteiger partial charge in [0, 0.05) is 37.6 Å². The zero-order valence-electron chi connectivity index (χ0n) is 16.3. The fourth-order valence-corrected chi connectivity index (χ4v) is 3.18. The average Bonchev–Trinajstić information content (AvgIpc) is 2.73. The summed E-state index contributed by atoms with van der Waals surface area (Å²) in [5, 5.41) is 5.58. The molecule has 160 valence electrons. The van der Waals surface area contributed by atoms with Gasteiger partial charge in [0.2, 0.25) is 11.8 Å². The summed E-state index contributed by atoms with van der Waals surface area (Å²) in [6.45, 7) is 2.17. The van der Waals surface area contributed by atoms with E-state index in [0.29, 0.717) is 26.2 Å². The van der Waals surface area contributed by atoms with Gasteiger partial charge in [0.25, 0.3) is 0 Å². The van der Waals surface area contributed by atoms with Crippen molar-refractivity contribution in [1.82, 2.24) is 9.80 Å². The number of piperazine rings is 1. The van der Waals surface area contributed by atoms with Crippen LogP contribution >= 0.6 is 0 Å². The van der Waals surface area contributed by atoms with Crippen molar-refractivity contribution in [3.8, 4) is 0 Å². The number of nitrogens with zero attached hydrogens (tertiary/aromatic N) is 2. The average molecular weight is 420 g/mol. The van der Waals surface area contributed by atoms with E-state index in [9.17, 15) is 22.8 Å². The Morgan fingerprint density at radius 2 is 1.57 bits per heavy atom. The number of halogens is 3. The van der Waals surface area contributed by atoms with E-state index in [1.54, 1.807) is 4.90 Å². The van der Waals surface area contributed by atoms with Crippen LogP contribution in [0.15, 0.2) is 54.6 Å². The Kier molecular flexibility index (Phi) is 6.94. The molecule has 1 aliphatic rings. The van der Waals surface area contributed by atoms with E-state index in [1.165, 1.54) is 12.1 Å². The molecule has 1 fully saturated rings. The van der Waals surface area contributed by atoms with Crippen molar-refractivity contribution < 1.29 is 22.8 Å². The third-order valence-electron chi connectivity index (χ3n) is 4.78. The van der Waals surface area contributed by atoms with Crippen LogP contribution in [0.25, 0.3) is 0 Å². The number of hydrogen-bond acceptors (Lipinski definition) is 4. The summed E-state index contributed by atoms with van der Waals surface area (Å²) in [7, 11) is 0. The molecule has 0 saturated carbocycles. The van der Waals surface area contributed by atoms with Gasteiger partial charge >= 0.3 is 6.18 Å². The first-order valence-electron chi connectivity index (χ1n) is 9.57. The molecule has 0 unspecified atom stereocenters. The molecule has 6 nitrogen and oxygen atoms in total. The van der Waals surface area contributed by atoms with Gasteiger partial charge in [0.1, 0.15) is 0 Å². The second-order valence-electron chi connectivity index (χ2n) is 7.00. The number of anilines is 2. The largest absolute Gasteiger partial charge is 0.416 e. The van der Waals surface area contributed by atoms with Crippen LogP contribution in [-0.2, 0) is 15.8 Å². The van der Waals surface area contributed by atoms with Crippen molar-refractivity contribution >= 4 is 23.2 Å². The fraction of sp³-hybridized carbons (Fsp3) is 0.333. The highest BCUT2D eigenvalue weighted by Gasteiger charge is 2.30. The predicted molar refractivity (Wildman–Crippen MR) is 108 cm³/mol. The highest BCUT2D eigenvalue weighted by molar-refractivity contribution is 5.92. The molecule has 0 spiro atoms. The van der Waals surface area contributed by atoms with Crippen LogP contribution in [0.3, 0.4) is 0 Å². The van der Waals surface area contributed by atoms with Crippen LogP contribution < -0.4 is 10.6 Å². The molecule has 2 N–H and O–H groups in total. The SMILES string of the molecule is O=C(CN1CCN(C(=O)CNc2cccc(C(F)(F)F)c2)CC1)Nc1ccccc1. The van der Waals surface area contributed by atoms with Crippen molar-refractivity contribution in [1.29, 1.82) is 0 Å². The minimum absolute atomic E-state index is 0.0875. The topological polar surface area (TPSA) is 64.7 Å². The lowest BCUT2D eigenvalue weighted by Gasteiger charge is -2.34. The molecule has 0 bridgehead atoms. The van der Waals surface area contributed by atoms with Gasteiger partial charge in [-0.05, 0) is 30.3 Å². The van der Waals surface area contributed by atoms with Gasteiger partial charge in [0.05, 0.1) is 18.7 Å². The van der Waals surface area contributed by atoms with Gasteiger partial charge in [-0.1, -0.05) is 24.3 Å². The number of nitrogens with one attached hydrogen (secondary N) is 2. The van der Waals surface area contributed by atoms with Gasteiger partial charge in [0.15, 0.2) is 0 Å². The van der Waals surface area contributed by atoms with Crippen molar-refractivity contribution in [3.63, 3.8) is 0 Å². The highest BCUT2D eigenvalue weighted by atomic mass is 19.4. The van der Waals surface area contributed by atoms with E-state index >= 15 is 0 Å². The third kappa shape index (κ3) is 6.21. The van der Waals surface area contributed by atoms with E-state index in [4.69, 9.17) is 0 Å². The zero-order valence-corrected chi connectivity index (χ0v) is 16.3. The van der Waals surface area contributed by atoms with Gasteiger partial charge in [-0.15, -0.1) is 0 Å². The summed E-state index contributed by atoms with van der Waals surface area (Å²) < 4.78 is 38.3. The number of carbonyl (C=O) groups is 2. The van der Waals surface area contributed by atoms with E-state index in [1.807, 2.05) is 35.2 Å². The Labute approximate surface area is 172 Å².